The molecule has 2 aromatic rings. The SMILES string of the molecule is Cn1nnc(COc2cc(Cl)c(S(N)(=O)=O)cc2Cl)n1. The van der Waals surface area contributed by atoms with Gasteiger partial charge in [-0.25, -0.2) is 13.6 Å². The summed E-state index contributed by atoms with van der Waals surface area (Å²) in [6.07, 6.45) is 0. The van der Waals surface area contributed by atoms with Gasteiger partial charge in [0.25, 0.3) is 0 Å². The van der Waals surface area contributed by atoms with E-state index in [2.05, 4.69) is 15.4 Å². The van der Waals surface area contributed by atoms with Gasteiger partial charge in [0.1, 0.15) is 10.6 Å². The molecule has 1 heterocycles. The number of halogens is 2. The van der Waals surface area contributed by atoms with Gasteiger partial charge in [0.2, 0.25) is 15.8 Å². The Kier molecular flexibility index (Phi) is 4.14. The fraction of sp³-hybridized carbons (Fsp3) is 0.222. The minimum atomic E-state index is -3.95. The van der Waals surface area contributed by atoms with E-state index in [1.54, 1.807) is 7.05 Å². The number of aromatic nitrogens is 4. The van der Waals surface area contributed by atoms with Crippen LogP contribution in [-0.4, -0.2) is 28.6 Å². The van der Waals surface area contributed by atoms with Crippen LogP contribution in [0.1, 0.15) is 5.82 Å². The van der Waals surface area contributed by atoms with E-state index in [1.165, 1.54) is 10.9 Å². The Balaban J connectivity index is 2.23. The largest absolute Gasteiger partial charge is 0.484 e. The number of sulfonamides is 1. The van der Waals surface area contributed by atoms with Crippen LogP contribution in [0.15, 0.2) is 17.0 Å². The van der Waals surface area contributed by atoms with Crippen molar-refractivity contribution in [3.05, 3.63) is 28.0 Å². The summed E-state index contributed by atoms with van der Waals surface area (Å²) in [7, 11) is -2.33. The van der Waals surface area contributed by atoms with Crippen LogP contribution in [0.2, 0.25) is 10.0 Å². The molecule has 0 aliphatic carbocycles. The third-order valence-corrected chi connectivity index (χ3v) is 3.87. The lowest BCUT2D eigenvalue weighted by Crippen LogP contribution is -2.13. The summed E-state index contributed by atoms with van der Waals surface area (Å²) < 4.78 is 27.9. The lowest BCUT2D eigenvalue weighted by Gasteiger charge is -2.09. The lowest BCUT2D eigenvalue weighted by molar-refractivity contribution is 0.295. The molecule has 0 aliphatic heterocycles. The maximum atomic E-state index is 11.3. The smallest absolute Gasteiger partial charge is 0.239 e. The van der Waals surface area contributed by atoms with E-state index in [-0.39, 0.29) is 27.3 Å². The van der Waals surface area contributed by atoms with Crippen molar-refractivity contribution in [2.45, 2.75) is 11.5 Å². The first-order valence-electron chi connectivity index (χ1n) is 5.15. The van der Waals surface area contributed by atoms with Crippen LogP contribution < -0.4 is 9.88 Å². The molecule has 2 N–H and O–H groups in total. The summed E-state index contributed by atoms with van der Waals surface area (Å²) in [6.45, 7) is 0.0125. The van der Waals surface area contributed by atoms with Crippen molar-refractivity contribution in [1.29, 1.82) is 0 Å². The number of rotatable bonds is 4. The molecule has 0 fully saturated rings. The molecule has 0 atom stereocenters. The van der Waals surface area contributed by atoms with Gasteiger partial charge in [-0.15, -0.1) is 10.2 Å². The average molecular weight is 338 g/mol. The van der Waals surface area contributed by atoms with Crippen molar-refractivity contribution in [3.8, 4) is 5.75 Å². The van der Waals surface area contributed by atoms with E-state index in [9.17, 15) is 8.42 Å². The summed E-state index contributed by atoms with van der Waals surface area (Å²) in [5.74, 6) is 0.534. The van der Waals surface area contributed by atoms with Gasteiger partial charge in [-0.05, 0) is 11.3 Å². The van der Waals surface area contributed by atoms with Crippen LogP contribution >= 0.6 is 23.2 Å². The molecule has 1 aromatic carbocycles. The quantitative estimate of drug-likeness (QED) is 0.880. The number of benzene rings is 1. The molecule has 11 heteroatoms. The predicted molar refractivity (Wildman–Crippen MR) is 71.0 cm³/mol. The fourth-order valence-electron chi connectivity index (χ4n) is 1.36. The Morgan fingerprint density at radius 3 is 2.60 bits per heavy atom. The van der Waals surface area contributed by atoms with Gasteiger partial charge in [-0.3, -0.25) is 0 Å². The first-order valence-corrected chi connectivity index (χ1v) is 7.45. The summed E-state index contributed by atoms with van der Waals surface area (Å²) >= 11 is 11.7. The minimum absolute atomic E-state index is 0.0125. The molecule has 0 bridgehead atoms. The standard InChI is InChI=1S/C9H9Cl2N5O3S/c1-16-14-9(13-15-16)4-19-7-2-6(11)8(3-5(7)10)20(12,17)18/h2-3H,4H2,1H3,(H2,12,17,18). The molecule has 108 valence electrons. The van der Waals surface area contributed by atoms with Gasteiger partial charge in [0.05, 0.1) is 17.1 Å². The zero-order valence-electron chi connectivity index (χ0n) is 10.1. The summed E-state index contributed by atoms with van der Waals surface area (Å²) in [5.41, 5.74) is 0. The first kappa shape index (κ1) is 15.0. The lowest BCUT2D eigenvalue weighted by atomic mass is 10.3. The molecule has 20 heavy (non-hydrogen) atoms. The number of hydrogen-bond donors (Lipinski definition) is 1. The van der Waals surface area contributed by atoms with Crippen LogP contribution in [-0.2, 0) is 23.7 Å². The van der Waals surface area contributed by atoms with Crippen molar-refractivity contribution < 1.29 is 13.2 Å². The predicted octanol–water partition coefficient (Wildman–Crippen LogP) is 0.743. The van der Waals surface area contributed by atoms with Crippen molar-refractivity contribution >= 4 is 33.2 Å². The number of hydrogen-bond acceptors (Lipinski definition) is 6. The highest BCUT2D eigenvalue weighted by Gasteiger charge is 2.17. The van der Waals surface area contributed by atoms with E-state index in [0.717, 1.165) is 6.07 Å². The normalized spacial score (nSPS) is 11.6. The van der Waals surface area contributed by atoms with E-state index in [1.807, 2.05) is 0 Å². The van der Waals surface area contributed by atoms with Gasteiger partial charge in [-0.2, -0.15) is 4.80 Å². The van der Waals surface area contributed by atoms with Crippen LogP contribution in [0.4, 0.5) is 0 Å². The highest BCUT2D eigenvalue weighted by Crippen LogP contribution is 2.33. The van der Waals surface area contributed by atoms with Crippen LogP contribution in [0.5, 0.6) is 5.75 Å². The van der Waals surface area contributed by atoms with Crippen LogP contribution in [0.3, 0.4) is 0 Å². The monoisotopic (exact) mass is 337 g/mol. The highest BCUT2D eigenvalue weighted by molar-refractivity contribution is 7.89. The fourth-order valence-corrected chi connectivity index (χ4v) is 2.73. The van der Waals surface area contributed by atoms with Crippen LogP contribution in [0.25, 0.3) is 0 Å². The zero-order chi connectivity index (χ0) is 14.9. The molecule has 0 unspecified atom stereocenters. The number of nitrogens with two attached hydrogens (primary N) is 1. The summed E-state index contributed by atoms with van der Waals surface area (Å²) in [5, 5.41) is 16.2. The molecule has 0 saturated heterocycles. The van der Waals surface area contributed by atoms with Gasteiger partial charge >= 0.3 is 0 Å². The second-order valence-corrected chi connectivity index (χ2v) is 6.09. The van der Waals surface area contributed by atoms with Crippen molar-refractivity contribution in [2.75, 3.05) is 0 Å². The van der Waals surface area contributed by atoms with E-state index >= 15 is 0 Å². The second kappa shape index (κ2) is 5.52. The average Bonchev–Trinajstić information content (AvgIpc) is 2.74. The minimum Gasteiger partial charge on any atom is -0.484 e. The second-order valence-electron chi connectivity index (χ2n) is 3.74. The van der Waals surface area contributed by atoms with Crippen molar-refractivity contribution in [1.82, 2.24) is 20.2 Å². The Morgan fingerprint density at radius 1 is 1.35 bits per heavy atom. The molecule has 1 aromatic heterocycles. The van der Waals surface area contributed by atoms with Gasteiger partial charge < -0.3 is 4.74 Å². The maximum Gasteiger partial charge on any atom is 0.239 e. The van der Waals surface area contributed by atoms with E-state index in [0.29, 0.717) is 5.82 Å². The van der Waals surface area contributed by atoms with Crippen molar-refractivity contribution in [2.24, 2.45) is 12.2 Å². The summed E-state index contributed by atoms with van der Waals surface area (Å²) in [4.78, 5) is 1.01. The Hall–Kier alpha value is -1.42. The number of aryl methyl sites for hydroxylation is 1. The van der Waals surface area contributed by atoms with Gasteiger partial charge in [-0.1, -0.05) is 23.2 Å². The molecule has 0 saturated carbocycles. The summed E-state index contributed by atoms with van der Waals surface area (Å²) in [6, 6.07) is 2.39. The molecular weight excluding hydrogens is 329 g/mol. The highest BCUT2D eigenvalue weighted by atomic mass is 35.5. The first-order chi connectivity index (χ1) is 9.27. The van der Waals surface area contributed by atoms with Gasteiger partial charge in [0.15, 0.2) is 6.61 Å². The van der Waals surface area contributed by atoms with Crippen LogP contribution in [0, 0.1) is 0 Å². The third kappa shape index (κ3) is 3.37. The molecule has 0 aliphatic rings. The molecular formula is C9H9Cl2N5O3S. The number of ether oxygens (including phenoxy) is 1. The van der Waals surface area contributed by atoms with E-state index in [4.69, 9.17) is 33.1 Å². The number of primary sulfonamides is 1. The maximum absolute atomic E-state index is 11.3. The zero-order valence-corrected chi connectivity index (χ0v) is 12.4. The Bertz CT molecular complexity index is 746. The molecule has 0 amide bonds. The Labute approximate surface area is 124 Å². The van der Waals surface area contributed by atoms with Crippen molar-refractivity contribution in [3.63, 3.8) is 0 Å². The topological polar surface area (TPSA) is 113 Å². The molecule has 0 radical (unpaired) electrons. The third-order valence-electron chi connectivity index (χ3n) is 2.20. The molecule has 2 rings (SSSR count). The molecule has 8 nitrogen and oxygen atoms in total. The van der Waals surface area contributed by atoms with E-state index < -0.39 is 10.0 Å². The number of nitrogens with zero attached hydrogens (tertiary/aromatic N) is 4. The van der Waals surface area contributed by atoms with Gasteiger partial charge in [0, 0.05) is 6.07 Å². The number of tetrazole rings is 1. The molecule has 0 spiro atoms. The Morgan fingerprint density at radius 2 is 2.05 bits per heavy atom.